The first-order chi connectivity index (χ1) is 20.6. The van der Waals surface area contributed by atoms with E-state index in [0.717, 1.165) is 47.7 Å². The first-order valence-corrected chi connectivity index (χ1v) is 17.8. The van der Waals surface area contributed by atoms with E-state index in [2.05, 4.69) is 94.5 Å². The third-order valence-corrected chi connectivity index (χ3v) is 13.0. The highest BCUT2D eigenvalue weighted by Gasteiger charge is 2.53. The van der Waals surface area contributed by atoms with Gasteiger partial charge in [-0.05, 0) is 18.6 Å². The van der Waals surface area contributed by atoms with Crippen LogP contribution in [0.25, 0.3) is 0 Å². The number of esters is 2. The van der Waals surface area contributed by atoms with Crippen LogP contribution in [-0.2, 0) is 32.2 Å². The minimum Gasteiger partial charge on any atom is -1.00 e. The summed E-state index contributed by atoms with van der Waals surface area (Å²) >= 11 is 7.45. The largest absolute Gasteiger partial charge is 1.00 e. The van der Waals surface area contributed by atoms with E-state index in [1.165, 1.54) is 45.8 Å². The van der Waals surface area contributed by atoms with E-state index in [9.17, 15) is 9.59 Å². The molecule has 2 aromatic rings. The molecule has 0 saturated carbocycles. The Kier molecular flexibility index (Phi) is 12.9. The van der Waals surface area contributed by atoms with Crippen LogP contribution in [0, 0.1) is 0 Å². The fourth-order valence-electron chi connectivity index (χ4n) is 8.95. The first kappa shape index (κ1) is 37.0. The van der Waals surface area contributed by atoms with Crippen molar-refractivity contribution >= 4 is 43.8 Å². The molecule has 6 rings (SSSR count). The van der Waals surface area contributed by atoms with E-state index in [-0.39, 0.29) is 71.0 Å². The lowest BCUT2D eigenvalue weighted by molar-refractivity contribution is -0.961. The molecule has 4 unspecified atom stereocenters. The minimum atomic E-state index is -0.171. The van der Waals surface area contributed by atoms with Gasteiger partial charge in [0.05, 0.1) is 38.3 Å². The summed E-state index contributed by atoms with van der Waals surface area (Å²) in [5, 5.41) is 0. The summed E-state index contributed by atoms with van der Waals surface area (Å²) in [5.74, 6) is -0.343. The number of rotatable bonds is 10. The molecule has 6 nitrogen and oxygen atoms in total. The molecule has 248 valence electrons. The Labute approximate surface area is 306 Å². The number of carbonyl (C=O) groups excluding carboxylic acids is 2. The Hall–Kier alpha value is -0.780. The molecule has 4 bridgehead atoms. The summed E-state index contributed by atoms with van der Waals surface area (Å²) in [7, 11) is 4.76. The van der Waals surface area contributed by atoms with Gasteiger partial charge in [0.25, 0.3) is 0 Å². The highest BCUT2D eigenvalue weighted by atomic mass is 79.9. The Balaban J connectivity index is 0.00000230. The zero-order valence-electron chi connectivity index (χ0n) is 26.3. The fourth-order valence-corrected chi connectivity index (χ4v) is 9.77. The van der Waals surface area contributed by atoms with Crippen molar-refractivity contribution < 1.29 is 62.0 Å². The molecule has 4 aliphatic heterocycles. The molecule has 0 N–H and O–H groups in total. The lowest BCUT2D eigenvalue weighted by atomic mass is 9.95. The maximum absolute atomic E-state index is 12.8. The summed E-state index contributed by atoms with van der Waals surface area (Å²) in [6.45, 7) is 2.01. The van der Waals surface area contributed by atoms with Gasteiger partial charge < -0.3 is 52.4 Å². The van der Waals surface area contributed by atoms with E-state index in [0.29, 0.717) is 30.6 Å². The highest BCUT2D eigenvalue weighted by molar-refractivity contribution is 9.10. The molecule has 4 saturated heterocycles. The summed E-state index contributed by atoms with van der Waals surface area (Å²) in [4.78, 5) is 25.5. The van der Waals surface area contributed by atoms with E-state index in [1.54, 1.807) is 0 Å². The van der Waals surface area contributed by atoms with E-state index in [4.69, 9.17) is 9.47 Å². The Morgan fingerprint density at radius 1 is 0.644 bits per heavy atom. The quantitative estimate of drug-likeness (QED) is 0.269. The van der Waals surface area contributed by atoms with Crippen LogP contribution in [0.15, 0.2) is 57.5 Å². The number of halogens is 4. The highest BCUT2D eigenvalue weighted by Crippen LogP contribution is 2.45. The van der Waals surface area contributed by atoms with Crippen LogP contribution in [0.3, 0.4) is 0 Å². The van der Waals surface area contributed by atoms with Gasteiger partial charge in [-0.25, -0.2) is 0 Å². The number of piperidine rings is 2. The Morgan fingerprint density at radius 2 is 0.978 bits per heavy atom. The van der Waals surface area contributed by atoms with Crippen LogP contribution >= 0.6 is 31.9 Å². The zero-order chi connectivity index (χ0) is 30.2. The summed E-state index contributed by atoms with van der Waals surface area (Å²) < 4.78 is 16.4. The molecule has 0 aromatic heterocycles. The number of carbonyl (C=O) groups is 2. The number of hydrogen-bond donors (Lipinski definition) is 0. The molecule has 45 heavy (non-hydrogen) atoms. The maximum atomic E-state index is 12.8. The molecule has 4 heterocycles. The first-order valence-electron chi connectivity index (χ1n) is 16.2. The molecule has 0 spiro atoms. The smallest absolute Gasteiger partial charge is 0.306 e. The Morgan fingerprint density at radius 3 is 1.31 bits per heavy atom. The van der Waals surface area contributed by atoms with Crippen molar-refractivity contribution in [3.63, 3.8) is 0 Å². The lowest BCUT2D eigenvalue weighted by Crippen LogP contribution is -3.00. The van der Waals surface area contributed by atoms with Gasteiger partial charge >= 0.3 is 11.9 Å². The second kappa shape index (κ2) is 15.6. The maximum Gasteiger partial charge on any atom is 0.306 e. The van der Waals surface area contributed by atoms with Gasteiger partial charge in [0.15, 0.2) is 0 Å². The standard InChI is InChI=1S/C35H46Br2N2O4.2BrH/c1-38(22-24-8-3-5-10-32(24)36)26-14-15-27(38)19-30(18-26)42-34(40)12-7-13-35(41)43-31-20-28-16-17-29(21-31)39(28,2)23-25-9-4-6-11-33(25)37;;/h3-6,8-11,26-31H,7,12-23H2,1-2H3;2*1H/q+2;;/p-2. The minimum absolute atomic E-state index is 0. The lowest BCUT2D eigenvalue weighted by Gasteiger charge is -2.47. The average Bonchev–Trinajstić information content (AvgIpc) is 3.21. The molecule has 4 atom stereocenters. The van der Waals surface area contributed by atoms with Crippen molar-refractivity contribution in [2.75, 3.05) is 14.1 Å². The second-order valence-electron chi connectivity index (χ2n) is 14.0. The van der Waals surface area contributed by atoms with Gasteiger partial charge in [0, 0.05) is 84.3 Å². The summed E-state index contributed by atoms with van der Waals surface area (Å²) in [6, 6.07) is 19.1. The molecule has 4 aliphatic rings. The third-order valence-electron chi connectivity index (χ3n) is 11.4. The van der Waals surface area contributed by atoms with Gasteiger partial charge in [0.1, 0.15) is 25.3 Å². The average molecular weight is 878 g/mol. The number of quaternary nitrogens is 2. The van der Waals surface area contributed by atoms with Crippen LogP contribution < -0.4 is 34.0 Å². The van der Waals surface area contributed by atoms with Crippen molar-refractivity contribution in [3.8, 4) is 0 Å². The zero-order valence-corrected chi connectivity index (χ0v) is 32.7. The normalized spacial score (nSPS) is 33.1. The molecule has 10 heteroatoms. The fraction of sp³-hybridized carbons (Fsp3) is 0.600. The third kappa shape index (κ3) is 8.10. The van der Waals surface area contributed by atoms with Crippen molar-refractivity contribution in [2.45, 2.75) is 120 Å². The number of hydrogen-bond acceptors (Lipinski definition) is 4. The van der Waals surface area contributed by atoms with Crippen LogP contribution in [0.1, 0.15) is 81.8 Å². The molecule has 2 aromatic carbocycles. The van der Waals surface area contributed by atoms with Gasteiger partial charge in [-0.2, -0.15) is 0 Å². The van der Waals surface area contributed by atoms with Gasteiger partial charge in [0.2, 0.25) is 0 Å². The monoisotopic (exact) mass is 874 g/mol. The van der Waals surface area contributed by atoms with Crippen LogP contribution in [0.2, 0.25) is 0 Å². The molecule has 0 radical (unpaired) electrons. The Bertz CT molecular complexity index is 1210. The molecule has 0 aliphatic carbocycles. The summed E-state index contributed by atoms with van der Waals surface area (Å²) in [6.07, 6.45) is 9.49. The van der Waals surface area contributed by atoms with Gasteiger partial charge in [-0.1, -0.05) is 68.3 Å². The second-order valence-corrected chi connectivity index (χ2v) is 15.7. The van der Waals surface area contributed by atoms with Crippen molar-refractivity contribution in [2.24, 2.45) is 0 Å². The summed E-state index contributed by atoms with van der Waals surface area (Å²) in [5.41, 5.74) is 2.69. The van der Waals surface area contributed by atoms with E-state index in [1.807, 2.05) is 0 Å². The van der Waals surface area contributed by atoms with Gasteiger partial charge in [-0.15, -0.1) is 0 Å². The SMILES string of the molecule is C[N+]1(Cc2ccccc2Br)C2CCC1CC(OC(=O)CCCC(=O)OC1CC3CCC(C1)[N+]3(C)Cc1ccccc1Br)C2.[Br-].[Br-]. The number of ether oxygens (including phenoxy) is 2. The van der Waals surface area contributed by atoms with Crippen LogP contribution in [-0.4, -0.2) is 71.4 Å². The van der Waals surface area contributed by atoms with Crippen molar-refractivity contribution in [1.82, 2.24) is 0 Å². The number of nitrogens with zero attached hydrogens (tertiary/aromatic N) is 2. The number of fused-ring (bicyclic) bond motifs is 4. The molecule has 0 amide bonds. The van der Waals surface area contributed by atoms with Crippen LogP contribution in [0.4, 0.5) is 0 Å². The van der Waals surface area contributed by atoms with Crippen molar-refractivity contribution in [3.05, 3.63) is 68.6 Å². The predicted octanol–water partition coefficient (Wildman–Crippen LogP) is 1.46. The molecular weight excluding hydrogens is 832 g/mol. The van der Waals surface area contributed by atoms with Crippen molar-refractivity contribution in [1.29, 1.82) is 0 Å². The van der Waals surface area contributed by atoms with Gasteiger partial charge in [-0.3, -0.25) is 9.59 Å². The van der Waals surface area contributed by atoms with Crippen LogP contribution in [0.5, 0.6) is 0 Å². The molecule has 4 fully saturated rings. The predicted molar refractivity (Wildman–Crippen MR) is 174 cm³/mol. The number of benzene rings is 2. The topological polar surface area (TPSA) is 52.6 Å². The van der Waals surface area contributed by atoms with E-state index >= 15 is 0 Å². The van der Waals surface area contributed by atoms with E-state index < -0.39 is 0 Å². The molecular formula is C35H46Br4N2O4.